The van der Waals surface area contributed by atoms with E-state index in [-0.39, 0.29) is 28.5 Å². The molecule has 23 heteroatoms. The summed E-state index contributed by atoms with van der Waals surface area (Å²) in [6.07, 6.45) is -7.86. The minimum Gasteiger partial charge on any atom is -1.00 e. The van der Waals surface area contributed by atoms with Crippen molar-refractivity contribution in [3.63, 3.8) is 0 Å². The van der Waals surface area contributed by atoms with E-state index in [1.807, 2.05) is 0 Å². The minimum atomic E-state index is -8.82. The van der Waals surface area contributed by atoms with Crippen molar-refractivity contribution < 1.29 is 112 Å². The lowest BCUT2D eigenvalue weighted by Crippen LogP contribution is -3.00. The number of hydrogen-bond acceptors (Lipinski definition) is 2. The molecule has 0 saturated carbocycles. The van der Waals surface area contributed by atoms with Gasteiger partial charge in [0.15, 0.2) is 0 Å². The Balaban J connectivity index is 0.0000130. The smallest absolute Gasteiger partial charge is 0.460 e. The summed E-state index contributed by atoms with van der Waals surface area (Å²) in [5, 5.41) is -7.49. The second-order valence-electron chi connectivity index (χ2n) is 8.25. The number of quaternary nitrogens is 1. The zero-order chi connectivity index (χ0) is 29.4. The maximum atomic E-state index is 14.1. The molecule has 0 bridgehead atoms. The Morgan fingerprint density at radius 3 is 1.11 bits per heavy atom. The van der Waals surface area contributed by atoms with Crippen molar-refractivity contribution in [2.45, 2.75) is 47.0 Å². The average molecular weight is 724 g/mol. The van der Waals surface area contributed by atoms with Crippen molar-refractivity contribution in [1.29, 1.82) is 0 Å². The van der Waals surface area contributed by atoms with Crippen LogP contribution in [0.3, 0.4) is 0 Å². The maximum absolute atomic E-state index is 14.1. The lowest BCUT2D eigenvalue weighted by Gasteiger charge is -2.44. The van der Waals surface area contributed by atoms with Gasteiger partial charge < -0.3 is 28.5 Å². The molecule has 0 amide bonds. The zero-order valence-corrected chi connectivity index (χ0v) is 20.7. The number of alkyl halides is 17. The van der Waals surface area contributed by atoms with Crippen LogP contribution in [0.15, 0.2) is 0 Å². The molecule has 0 N–H and O–H groups in total. The number of piperazine rings is 1. The molecule has 37 heavy (non-hydrogen) atoms. The minimum absolute atomic E-state index is 0. The number of sulfonamides is 1. The summed E-state index contributed by atoms with van der Waals surface area (Å²) < 4.78 is 249. The first-order valence-electron chi connectivity index (χ1n) is 8.84. The highest BCUT2D eigenvalue weighted by atomic mass is 127. The van der Waals surface area contributed by atoms with E-state index in [1.54, 1.807) is 0 Å². The van der Waals surface area contributed by atoms with Gasteiger partial charge in [0.25, 0.3) is 10.0 Å². The van der Waals surface area contributed by atoms with E-state index in [2.05, 4.69) is 0 Å². The molecule has 0 spiro atoms. The predicted octanol–water partition coefficient (Wildman–Crippen LogP) is 1.68. The van der Waals surface area contributed by atoms with Gasteiger partial charge in [-0.15, -0.1) is 0 Å². The molecule has 0 aliphatic carbocycles. The molecule has 0 atom stereocenters. The largest absolute Gasteiger partial charge is 1.00 e. The zero-order valence-electron chi connectivity index (χ0n) is 17.8. The third-order valence-corrected chi connectivity index (χ3v) is 7.22. The molecular formula is C14H14F17IN2O2S. The van der Waals surface area contributed by atoms with Gasteiger partial charge in [0.05, 0.1) is 40.3 Å². The Morgan fingerprint density at radius 1 is 0.541 bits per heavy atom. The van der Waals surface area contributed by atoms with Crippen LogP contribution in [0.4, 0.5) is 74.6 Å². The van der Waals surface area contributed by atoms with Gasteiger partial charge in [0, 0.05) is 0 Å². The molecular weight excluding hydrogens is 710 g/mol. The van der Waals surface area contributed by atoms with Crippen molar-refractivity contribution in [3.8, 4) is 0 Å². The first-order valence-corrected chi connectivity index (χ1v) is 10.3. The van der Waals surface area contributed by atoms with E-state index in [4.69, 9.17) is 0 Å². The van der Waals surface area contributed by atoms with Crippen LogP contribution < -0.4 is 24.0 Å². The quantitative estimate of drug-likeness (QED) is 0.218. The lowest BCUT2D eigenvalue weighted by atomic mass is 9.91. The highest BCUT2D eigenvalue weighted by Gasteiger charge is 2.96. The molecule has 224 valence electrons. The van der Waals surface area contributed by atoms with Crippen molar-refractivity contribution >= 4 is 10.0 Å². The maximum Gasteiger partial charge on any atom is 0.460 e. The molecule has 1 fully saturated rings. The van der Waals surface area contributed by atoms with E-state index < -0.39 is 87.5 Å². The van der Waals surface area contributed by atoms with Gasteiger partial charge >= 0.3 is 47.0 Å². The van der Waals surface area contributed by atoms with Crippen LogP contribution in [0, 0.1) is 0 Å². The molecule has 4 nitrogen and oxygen atoms in total. The normalized spacial score (nSPS) is 20.0. The van der Waals surface area contributed by atoms with Crippen molar-refractivity contribution in [2.24, 2.45) is 0 Å². The summed E-state index contributed by atoms with van der Waals surface area (Å²) in [4.78, 5) is 0. The first kappa shape index (κ1) is 36.4. The topological polar surface area (TPSA) is 37.4 Å². The van der Waals surface area contributed by atoms with E-state index in [1.165, 1.54) is 14.1 Å². The van der Waals surface area contributed by atoms with E-state index in [0.29, 0.717) is 0 Å². The van der Waals surface area contributed by atoms with Gasteiger partial charge in [-0.05, 0) is 0 Å². The molecule has 0 aromatic rings. The van der Waals surface area contributed by atoms with Crippen LogP contribution in [-0.4, -0.2) is 104 Å². The van der Waals surface area contributed by atoms with Crippen molar-refractivity contribution in [3.05, 3.63) is 0 Å². The highest BCUT2D eigenvalue weighted by Crippen LogP contribution is 2.64. The van der Waals surface area contributed by atoms with Crippen molar-refractivity contribution in [1.82, 2.24) is 4.31 Å². The standard InChI is InChI=1S/C14H14F17N2O2S.HI/c1-33(2)5-3-32(4-6-33)36(34,35)14(30,31)12(25,26)10(21,22)8(17,18)7(15,16)9(19,20)11(23,24)13(27,28)29;/h3-6H2,1-2H3;1H/q+1;/p-1. The molecule has 1 aliphatic rings. The monoisotopic (exact) mass is 724 g/mol. The van der Waals surface area contributed by atoms with E-state index >= 15 is 0 Å². The van der Waals surface area contributed by atoms with Gasteiger partial charge in [-0.2, -0.15) is 78.9 Å². The second-order valence-corrected chi connectivity index (χ2v) is 10.2. The average Bonchev–Trinajstić information content (AvgIpc) is 2.65. The second kappa shape index (κ2) is 9.51. The fourth-order valence-corrected chi connectivity index (χ4v) is 4.12. The van der Waals surface area contributed by atoms with Gasteiger partial charge in [0.2, 0.25) is 0 Å². The van der Waals surface area contributed by atoms with Gasteiger partial charge in [-0.3, -0.25) is 0 Å². The molecule has 1 heterocycles. The molecule has 0 aromatic carbocycles. The third kappa shape index (κ3) is 4.94. The molecule has 1 aliphatic heterocycles. The van der Waals surface area contributed by atoms with Gasteiger partial charge in [0.1, 0.15) is 0 Å². The SMILES string of the molecule is C[N+]1(C)CCN(S(=O)(=O)C(F)(F)C(F)(F)C(F)(F)C(F)(F)C(F)(F)C(F)(F)C(F)(F)C(F)(F)F)CC1.[I-]. The summed E-state index contributed by atoms with van der Waals surface area (Å²) in [5.41, 5.74) is 0. The first-order chi connectivity index (χ1) is 15.3. The highest BCUT2D eigenvalue weighted by molar-refractivity contribution is 7.90. The summed E-state index contributed by atoms with van der Waals surface area (Å²) in [6, 6.07) is 0. The number of likely N-dealkylation sites (N-methyl/N-ethyl adjacent to an activating group) is 1. The summed E-state index contributed by atoms with van der Waals surface area (Å²) in [7, 11) is -4.50. The predicted molar refractivity (Wildman–Crippen MR) is 83.0 cm³/mol. The van der Waals surface area contributed by atoms with Gasteiger partial charge in [-0.1, -0.05) is 0 Å². The lowest BCUT2D eigenvalue weighted by molar-refractivity contribution is -0.893. The number of halogens is 18. The van der Waals surface area contributed by atoms with Crippen molar-refractivity contribution in [2.75, 3.05) is 40.3 Å². The van der Waals surface area contributed by atoms with Gasteiger partial charge in [-0.25, -0.2) is 8.42 Å². The Labute approximate surface area is 213 Å². The van der Waals surface area contributed by atoms with Crippen LogP contribution in [0.5, 0.6) is 0 Å². The van der Waals surface area contributed by atoms with Crippen LogP contribution in [0.2, 0.25) is 0 Å². The van der Waals surface area contributed by atoms with Crippen LogP contribution in [0.1, 0.15) is 0 Å². The van der Waals surface area contributed by atoms with Crippen LogP contribution in [-0.2, 0) is 10.0 Å². The fourth-order valence-electron chi connectivity index (χ4n) is 2.70. The molecule has 0 radical (unpaired) electrons. The summed E-state index contributed by atoms with van der Waals surface area (Å²) >= 11 is 0. The Bertz CT molecular complexity index is 938. The Kier molecular flexibility index (Phi) is 9.36. The summed E-state index contributed by atoms with van der Waals surface area (Å²) in [5.74, 6) is -51.5. The Morgan fingerprint density at radius 2 is 0.811 bits per heavy atom. The van der Waals surface area contributed by atoms with E-state index in [0.717, 1.165) is 0 Å². The fraction of sp³-hybridized carbons (Fsp3) is 1.00. The number of hydrogen-bond donors (Lipinski definition) is 0. The molecule has 1 saturated heterocycles. The van der Waals surface area contributed by atoms with Crippen LogP contribution in [0.25, 0.3) is 0 Å². The number of rotatable bonds is 8. The number of nitrogens with zero attached hydrogens (tertiary/aromatic N) is 2. The molecule has 0 unspecified atom stereocenters. The third-order valence-electron chi connectivity index (χ3n) is 5.27. The van der Waals surface area contributed by atoms with Crippen LogP contribution >= 0.6 is 0 Å². The molecule has 0 aromatic heterocycles. The summed E-state index contributed by atoms with van der Waals surface area (Å²) in [6.45, 7) is -3.22. The van der Waals surface area contributed by atoms with E-state index in [9.17, 15) is 83.1 Å². The Hall–Kier alpha value is -0.590. The molecule has 1 rings (SSSR count).